The van der Waals surface area contributed by atoms with Crippen molar-refractivity contribution in [2.24, 2.45) is 5.41 Å². The zero-order valence-corrected chi connectivity index (χ0v) is 16.9. The molecule has 0 bridgehead atoms. The third kappa shape index (κ3) is 3.28. The molecule has 1 aliphatic carbocycles. The molecule has 140 valence electrons. The van der Waals surface area contributed by atoms with Crippen LogP contribution < -0.4 is 5.32 Å². The number of rotatable bonds is 4. The summed E-state index contributed by atoms with van der Waals surface area (Å²) < 4.78 is 0. The van der Waals surface area contributed by atoms with Crippen LogP contribution in [0.5, 0.6) is 0 Å². The summed E-state index contributed by atoms with van der Waals surface area (Å²) in [6.45, 7) is 5.23. The molecule has 2 N–H and O–H groups in total. The van der Waals surface area contributed by atoms with Gasteiger partial charge in [0.05, 0.1) is 5.56 Å². The molecule has 3 nitrogen and oxygen atoms in total. The summed E-state index contributed by atoms with van der Waals surface area (Å²) in [7, 11) is 1.94. The van der Waals surface area contributed by atoms with E-state index < -0.39 is 5.97 Å². The summed E-state index contributed by atoms with van der Waals surface area (Å²) in [6, 6.07) is 12.6. The minimum Gasteiger partial charge on any atom is -0.478 e. The van der Waals surface area contributed by atoms with Crippen LogP contribution in [0.1, 0.15) is 46.6 Å². The van der Waals surface area contributed by atoms with Crippen molar-refractivity contribution in [1.29, 1.82) is 0 Å². The standard InChI is InChI=1S/C23H25NO2S/c1-23(2)9-8-19-18(12-23)20(22(25)26)21(27-19)15-10-14-6-4-5-7-17(14)16(11-15)13-24-3/h4-7,10-11,24H,8-9,12-13H2,1-3H3,(H,25,26). The number of carboxylic acid groups (broad SMARTS) is 1. The fourth-order valence-corrected chi connectivity index (χ4v) is 5.50. The summed E-state index contributed by atoms with van der Waals surface area (Å²) in [5.41, 5.74) is 3.97. The highest BCUT2D eigenvalue weighted by atomic mass is 32.1. The molecule has 4 rings (SSSR count). The number of hydrogen-bond acceptors (Lipinski definition) is 3. The van der Waals surface area contributed by atoms with Gasteiger partial charge in [-0.2, -0.15) is 0 Å². The Labute approximate surface area is 164 Å². The zero-order chi connectivity index (χ0) is 19.2. The van der Waals surface area contributed by atoms with Gasteiger partial charge in [0.1, 0.15) is 0 Å². The van der Waals surface area contributed by atoms with E-state index >= 15 is 0 Å². The second-order valence-electron chi connectivity index (χ2n) is 8.24. The van der Waals surface area contributed by atoms with Crippen LogP contribution in [-0.2, 0) is 19.4 Å². The minimum atomic E-state index is -0.802. The van der Waals surface area contributed by atoms with E-state index in [1.807, 2.05) is 13.1 Å². The van der Waals surface area contributed by atoms with Crippen LogP contribution >= 0.6 is 11.3 Å². The van der Waals surface area contributed by atoms with Crippen molar-refractivity contribution in [3.05, 3.63) is 58.0 Å². The highest BCUT2D eigenvalue weighted by molar-refractivity contribution is 7.16. The molecule has 1 aromatic heterocycles. The second-order valence-corrected chi connectivity index (χ2v) is 9.35. The molecule has 0 radical (unpaired) electrons. The Bertz CT molecular complexity index is 1030. The Hall–Kier alpha value is -2.17. The van der Waals surface area contributed by atoms with E-state index in [0.29, 0.717) is 5.56 Å². The number of nitrogens with one attached hydrogen (secondary N) is 1. The van der Waals surface area contributed by atoms with Gasteiger partial charge in [-0.15, -0.1) is 11.3 Å². The minimum absolute atomic E-state index is 0.163. The van der Waals surface area contributed by atoms with Crippen molar-refractivity contribution < 1.29 is 9.90 Å². The van der Waals surface area contributed by atoms with Crippen LogP contribution in [0.2, 0.25) is 0 Å². The van der Waals surface area contributed by atoms with E-state index in [4.69, 9.17) is 0 Å². The molecule has 0 atom stereocenters. The number of thiophene rings is 1. The molecule has 0 saturated heterocycles. The first kappa shape index (κ1) is 18.2. The zero-order valence-electron chi connectivity index (χ0n) is 16.1. The van der Waals surface area contributed by atoms with Gasteiger partial charge in [-0.1, -0.05) is 38.1 Å². The average molecular weight is 380 g/mol. The second kappa shape index (κ2) is 6.77. The molecule has 3 aromatic rings. The lowest BCUT2D eigenvalue weighted by molar-refractivity contribution is 0.0696. The molecule has 0 fully saturated rings. The van der Waals surface area contributed by atoms with E-state index in [9.17, 15) is 9.90 Å². The molecule has 27 heavy (non-hydrogen) atoms. The van der Waals surface area contributed by atoms with E-state index in [1.54, 1.807) is 11.3 Å². The first-order valence-electron chi connectivity index (χ1n) is 9.44. The summed E-state index contributed by atoms with van der Waals surface area (Å²) in [4.78, 5) is 14.4. The van der Waals surface area contributed by atoms with Gasteiger partial charge >= 0.3 is 5.97 Å². The molecule has 0 saturated carbocycles. The number of hydrogen-bond donors (Lipinski definition) is 2. The molecule has 2 aromatic carbocycles. The quantitative estimate of drug-likeness (QED) is 0.629. The Morgan fingerprint density at radius 3 is 2.78 bits per heavy atom. The van der Waals surface area contributed by atoms with Crippen molar-refractivity contribution in [3.8, 4) is 10.4 Å². The lowest BCUT2D eigenvalue weighted by Gasteiger charge is -2.29. The van der Waals surface area contributed by atoms with Gasteiger partial charge in [0.15, 0.2) is 0 Å². The van der Waals surface area contributed by atoms with Crippen molar-refractivity contribution in [2.75, 3.05) is 7.05 Å². The monoisotopic (exact) mass is 379 g/mol. The van der Waals surface area contributed by atoms with Crippen molar-refractivity contribution in [1.82, 2.24) is 5.32 Å². The number of aromatic carboxylic acids is 1. The molecular formula is C23H25NO2S. The molecule has 0 spiro atoms. The normalized spacial score (nSPS) is 15.7. The van der Waals surface area contributed by atoms with Gasteiger partial charge in [0, 0.05) is 16.3 Å². The predicted molar refractivity (Wildman–Crippen MR) is 113 cm³/mol. The molecule has 1 heterocycles. The predicted octanol–water partition coefficient (Wildman–Crippen LogP) is 5.50. The fraction of sp³-hybridized carbons (Fsp3) is 0.348. The number of carbonyl (C=O) groups is 1. The van der Waals surface area contributed by atoms with Gasteiger partial charge < -0.3 is 10.4 Å². The maximum atomic E-state index is 12.2. The Balaban J connectivity index is 1.94. The Morgan fingerprint density at radius 1 is 1.26 bits per heavy atom. The third-order valence-corrected chi connectivity index (χ3v) is 6.91. The molecule has 0 unspecified atom stereocenters. The van der Waals surface area contributed by atoms with Crippen LogP contribution in [0.15, 0.2) is 36.4 Å². The first-order valence-corrected chi connectivity index (χ1v) is 10.3. The van der Waals surface area contributed by atoms with Crippen LogP contribution in [0, 0.1) is 5.41 Å². The first-order chi connectivity index (χ1) is 12.9. The highest BCUT2D eigenvalue weighted by Crippen LogP contribution is 2.45. The molecule has 0 amide bonds. The summed E-state index contributed by atoms with van der Waals surface area (Å²) in [6.07, 6.45) is 2.93. The van der Waals surface area contributed by atoms with E-state index in [1.165, 1.54) is 15.8 Å². The summed E-state index contributed by atoms with van der Waals surface area (Å²) in [5, 5.41) is 15.6. The van der Waals surface area contributed by atoms with Crippen LogP contribution in [0.3, 0.4) is 0 Å². The Morgan fingerprint density at radius 2 is 2.04 bits per heavy atom. The van der Waals surface area contributed by atoms with Gasteiger partial charge in [-0.05, 0) is 71.3 Å². The molecule has 4 heteroatoms. The lowest BCUT2D eigenvalue weighted by atomic mass is 9.76. The number of carboxylic acids is 1. The highest BCUT2D eigenvalue weighted by Gasteiger charge is 2.33. The maximum Gasteiger partial charge on any atom is 0.337 e. The van der Waals surface area contributed by atoms with Crippen LogP contribution in [-0.4, -0.2) is 18.1 Å². The number of benzene rings is 2. The van der Waals surface area contributed by atoms with Gasteiger partial charge in [0.2, 0.25) is 0 Å². The third-order valence-electron chi connectivity index (χ3n) is 5.57. The van der Waals surface area contributed by atoms with Crippen LogP contribution in [0.25, 0.3) is 21.2 Å². The smallest absolute Gasteiger partial charge is 0.337 e. The van der Waals surface area contributed by atoms with Crippen molar-refractivity contribution in [2.45, 2.75) is 39.7 Å². The van der Waals surface area contributed by atoms with Crippen molar-refractivity contribution >= 4 is 28.1 Å². The van der Waals surface area contributed by atoms with Gasteiger partial charge in [-0.25, -0.2) is 4.79 Å². The molecule has 0 aliphatic heterocycles. The van der Waals surface area contributed by atoms with Crippen molar-refractivity contribution in [3.63, 3.8) is 0 Å². The summed E-state index contributed by atoms with van der Waals surface area (Å²) in [5.74, 6) is -0.802. The summed E-state index contributed by atoms with van der Waals surface area (Å²) >= 11 is 1.68. The van der Waals surface area contributed by atoms with Gasteiger partial charge in [-0.3, -0.25) is 0 Å². The fourth-order valence-electron chi connectivity index (χ4n) is 4.21. The SMILES string of the molecule is CNCc1cc(-c2sc3c(c2C(=O)O)CC(C)(C)CC3)cc2ccccc12. The number of aryl methyl sites for hydroxylation is 1. The van der Waals surface area contributed by atoms with E-state index in [-0.39, 0.29) is 5.41 Å². The topological polar surface area (TPSA) is 49.3 Å². The molecule has 1 aliphatic rings. The maximum absolute atomic E-state index is 12.2. The average Bonchev–Trinajstić information content (AvgIpc) is 2.99. The molecular weight excluding hydrogens is 354 g/mol. The van der Waals surface area contributed by atoms with Gasteiger partial charge in [0.25, 0.3) is 0 Å². The Kier molecular flexibility index (Phi) is 4.57. The van der Waals surface area contributed by atoms with E-state index in [0.717, 1.165) is 47.2 Å². The van der Waals surface area contributed by atoms with Crippen LogP contribution in [0.4, 0.5) is 0 Å². The van der Waals surface area contributed by atoms with E-state index in [2.05, 4.69) is 49.5 Å². The lowest BCUT2D eigenvalue weighted by Crippen LogP contribution is -2.22. The number of fused-ring (bicyclic) bond motifs is 2. The largest absolute Gasteiger partial charge is 0.478 e.